The first-order chi connectivity index (χ1) is 10.3. The molecule has 1 heterocycles. The number of rotatable bonds is 4. The Morgan fingerprint density at radius 2 is 2.14 bits per heavy atom. The number of nitrogens with zero attached hydrogens (tertiary/aromatic N) is 2. The number of ether oxygens (including phenoxy) is 1. The van der Waals surface area contributed by atoms with Gasteiger partial charge in [0.2, 0.25) is 5.13 Å². The number of hydrazone groups is 1. The minimum atomic E-state index is -4.99. The zero-order valence-corrected chi connectivity index (χ0v) is 12.9. The summed E-state index contributed by atoms with van der Waals surface area (Å²) in [7, 11) is 0. The van der Waals surface area contributed by atoms with Gasteiger partial charge >= 0.3 is 6.36 Å². The third-order valence-corrected chi connectivity index (χ3v) is 3.65. The Morgan fingerprint density at radius 3 is 2.73 bits per heavy atom. The fourth-order valence-corrected chi connectivity index (χ4v) is 2.32. The molecule has 0 atom stereocenters. The molecule has 3 N–H and O–H groups in total. The van der Waals surface area contributed by atoms with E-state index in [0.717, 1.165) is 23.6 Å². The van der Waals surface area contributed by atoms with Crippen LogP contribution in [0.4, 0.5) is 28.5 Å². The maximum Gasteiger partial charge on any atom is 0.573 e. The molecule has 0 aliphatic rings. The highest BCUT2D eigenvalue weighted by Gasteiger charge is 2.33. The molecule has 0 amide bonds. The number of thiazole rings is 1. The lowest BCUT2D eigenvalue weighted by Crippen LogP contribution is -2.18. The highest BCUT2D eigenvalue weighted by molar-refractivity contribution is 9.10. The maximum atomic E-state index is 14.0. The third kappa shape index (κ3) is 4.31. The Morgan fingerprint density at radius 1 is 1.41 bits per heavy atom. The largest absolute Gasteiger partial charge is 0.573 e. The number of alkyl halides is 3. The molecule has 0 aliphatic heterocycles. The molecule has 0 fully saturated rings. The minimum absolute atomic E-state index is 0.209. The lowest BCUT2D eigenvalue weighted by molar-refractivity contribution is -0.275. The molecule has 0 saturated carbocycles. The van der Waals surface area contributed by atoms with Crippen LogP contribution in [0, 0.1) is 5.82 Å². The van der Waals surface area contributed by atoms with Gasteiger partial charge in [-0.05, 0) is 12.1 Å². The lowest BCUT2D eigenvalue weighted by atomic mass is 10.2. The van der Waals surface area contributed by atoms with Crippen LogP contribution in [0.1, 0.15) is 5.56 Å². The second kappa shape index (κ2) is 6.48. The first kappa shape index (κ1) is 16.5. The fraction of sp³-hybridized carbons (Fsp3) is 0.0909. The van der Waals surface area contributed by atoms with Crippen LogP contribution in [0.15, 0.2) is 27.1 Å². The number of aromatic nitrogens is 1. The number of nitrogens with two attached hydrogens (primary N) is 1. The Labute approximate surface area is 133 Å². The summed E-state index contributed by atoms with van der Waals surface area (Å²) in [6.45, 7) is 0. The van der Waals surface area contributed by atoms with Gasteiger partial charge in [-0.15, -0.1) is 24.5 Å². The van der Waals surface area contributed by atoms with Gasteiger partial charge in [-0.25, -0.2) is 9.37 Å². The molecule has 1 aromatic carbocycles. The first-order valence-electron chi connectivity index (χ1n) is 5.50. The van der Waals surface area contributed by atoms with E-state index in [1.165, 1.54) is 6.07 Å². The minimum Gasteiger partial charge on any atom is -0.403 e. The summed E-state index contributed by atoms with van der Waals surface area (Å²) in [6.07, 6.45) is -3.99. The molecule has 0 radical (unpaired) electrons. The highest BCUT2D eigenvalue weighted by atomic mass is 79.9. The van der Waals surface area contributed by atoms with E-state index in [4.69, 9.17) is 5.73 Å². The molecule has 0 saturated heterocycles. The summed E-state index contributed by atoms with van der Waals surface area (Å²) in [5, 5.41) is 5.61. The standard InChI is InChI=1S/C11H7BrF4N4OS/c12-6-1-2-7(21-11(14,15)16)9(13)5(6)3-18-20-10-19-8(17)4-22-10/h1-4H,17H2,(H,19,20). The molecule has 0 bridgehead atoms. The topological polar surface area (TPSA) is 72.5 Å². The van der Waals surface area contributed by atoms with Crippen molar-refractivity contribution in [3.63, 3.8) is 0 Å². The number of hydrogen-bond donors (Lipinski definition) is 2. The fourth-order valence-electron chi connectivity index (χ4n) is 1.36. The van der Waals surface area contributed by atoms with Crippen molar-refractivity contribution in [3.05, 3.63) is 33.4 Å². The quantitative estimate of drug-likeness (QED) is 0.464. The van der Waals surface area contributed by atoms with E-state index >= 15 is 0 Å². The summed E-state index contributed by atoms with van der Waals surface area (Å²) in [5.41, 5.74) is 7.68. The predicted molar refractivity (Wildman–Crippen MR) is 78.5 cm³/mol. The van der Waals surface area contributed by atoms with Gasteiger partial charge in [0.05, 0.1) is 6.21 Å². The number of halogens is 5. The molecule has 0 spiro atoms. The van der Waals surface area contributed by atoms with Crippen LogP contribution in [-0.2, 0) is 0 Å². The van der Waals surface area contributed by atoms with Crippen LogP contribution >= 0.6 is 27.3 Å². The second-order valence-corrected chi connectivity index (χ2v) is 5.48. The molecular weight excluding hydrogens is 392 g/mol. The van der Waals surface area contributed by atoms with Gasteiger partial charge < -0.3 is 10.5 Å². The Bertz CT molecular complexity index is 704. The van der Waals surface area contributed by atoms with Crippen molar-refractivity contribution < 1.29 is 22.3 Å². The Balaban J connectivity index is 2.20. The number of benzene rings is 1. The van der Waals surface area contributed by atoms with Crippen molar-refractivity contribution in [2.75, 3.05) is 11.2 Å². The maximum absolute atomic E-state index is 14.0. The summed E-state index contributed by atoms with van der Waals surface area (Å²) in [5.74, 6) is -1.86. The monoisotopic (exact) mass is 398 g/mol. The van der Waals surface area contributed by atoms with Gasteiger partial charge in [0, 0.05) is 15.4 Å². The summed E-state index contributed by atoms with van der Waals surface area (Å²) >= 11 is 4.19. The number of nitrogens with one attached hydrogen (secondary N) is 1. The second-order valence-electron chi connectivity index (χ2n) is 3.77. The summed E-state index contributed by atoms with van der Waals surface area (Å²) < 4.78 is 54.3. The molecular formula is C11H7BrF4N4OS. The van der Waals surface area contributed by atoms with Gasteiger partial charge in [-0.2, -0.15) is 5.10 Å². The number of nitrogen functional groups attached to an aromatic ring is 1. The van der Waals surface area contributed by atoms with E-state index in [-0.39, 0.29) is 15.9 Å². The zero-order valence-electron chi connectivity index (χ0n) is 10.5. The number of anilines is 2. The van der Waals surface area contributed by atoms with Crippen LogP contribution in [0.3, 0.4) is 0 Å². The van der Waals surface area contributed by atoms with Gasteiger partial charge in [-0.1, -0.05) is 15.9 Å². The third-order valence-electron chi connectivity index (χ3n) is 2.19. The van der Waals surface area contributed by atoms with Crippen LogP contribution in [-0.4, -0.2) is 17.6 Å². The molecule has 11 heteroatoms. The zero-order chi connectivity index (χ0) is 16.3. The van der Waals surface area contributed by atoms with Crippen LogP contribution in [0.2, 0.25) is 0 Å². The van der Waals surface area contributed by atoms with Gasteiger partial charge in [0.15, 0.2) is 11.6 Å². The van der Waals surface area contributed by atoms with E-state index in [1.807, 2.05) is 0 Å². The average molecular weight is 399 g/mol. The van der Waals surface area contributed by atoms with E-state index in [1.54, 1.807) is 5.38 Å². The molecule has 118 valence electrons. The molecule has 22 heavy (non-hydrogen) atoms. The summed E-state index contributed by atoms with van der Waals surface area (Å²) in [4.78, 5) is 3.85. The molecule has 2 aromatic rings. The van der Waals surface area contributed by atoms with Gasteiger partial charge in [0.1, 0.15) is 5.82 Å². The van der Waals surface area contributed by atoms with Crippen molar-refractivity contribution in [3.8, 4) is 5.75 Å². The van der Waals surface area contributed by atoms with E-state index in [2.05, 4.69) is 36.2 Å². The van der Waals surface area contributed by atoms with E-state index in [0.29, 0.717) is 5.13 Å². The first-order valence-corrected chi connectivity index (χ1v) is 7.17. The molecule has 0 unspecified atom stereocenters. The predicted octanol–water partition coefficient (Wildman–Crippen LogP) is 3.97. The van der Waals surface area contributed by atoms with Crippen molar-refractivity contribution >= 4 is 44.4 Å². The van der Waals surface area contributed by atoms with E-state index in [9.17, 15) is 17.6 Å². The molecule has 2 rings (SSSR count). The van der Waals surface area contributed by atoms with Gasteiger partial charge in [0.25, 0.3) is 0 Å². The highest BCUT2D eigenvalue weighted by Crippen LogP contribution is 2.30. The lowest BCUT2D eigenvalue weighted by Gasteiger charge is -2.11. The van der Waals surface area contributed by atoms with Crippen molar-refractivity contribution in [1.29, 1.82) is 0 Å². The SMILES string of the molecule is Nc1csc(NN=Cc2c(Br)ccc(OC(F)(F)F)c2F)n1. The van der Waals surface area contributed by atoms with Crippen molar-refractivity contribution in [1.82, 2.24) is 4.98 Å². The number of hydrogen-bond acceptors (Lipinski definition) is 6. The van der Waals surface area contributed by atoms with Crippen LogP contribution in [0.5, 0.6) is 5.75 Å². The van der Waals surface area contributed by atoms with Crippen molar-refractivity contribution in [2.45, 2.75) is 6.36 Å². The Hall–Kier alpha value is -1.88. The summed E-state index contributed by atoms with van der Waals surface area (Å²) in [6, 6.07) is 2.08. The van der Waals surface area contributed by atoms with Crippen LogP contribution < -0.4 is 15.9 Å². The van der Waals surface area contributed by atoms with E-state index < -0.39 is 17.9 Å². The van der Waals surface area contributed by atoms with Gasteiger partial charge in [-0.3, -0.25) is 5.43 Å². The van der Waals surface area contributed by atoms with Crippen molar-refractivity contribution in [2.24, 2.45) is 5.10 Å². The molecule has 0 aliphatic carbocycles. The van der Waals surface area contributed by atoms with Crippen LogP contribution in [0.25, 0.3) is 0 Å². The Kier molecular flexibility index (Phi) is 4.86. The smallest absolute Gasteiger partial charge is 0.403 e. The molecule has 5 nitrogen and oxygen atoms in total. The normalized spacial score (nSPS) is 11.9. The molecule has 1 aromatic heterocycles. The average Bonchev–Trinajstić information content (AvgIpc) is 2.81.